The third-order valence-electron chi connectivity index (χ3n) is 3.90. The largest absolute Gasteiger partial charge is 0.321 e. The van der Waals surface area contributed by atoms with Crippen LogP contribution in [0.15, 0.2) is 54.6 Å². The molecule has 3 rings (SSSR count). The van der Waals surface area contributed by atoms with Crippen molar-refractivity contribution < 1.29 is 4.39 Å². The first-order valence-corrected chi connectivity index (χ1v) is 6.28. The summed E-state index contributed by atoms with van der Waals surface area (Å²) in [5.74, 6) is 0.266. The first-order chi connectivity index (χ1) is 8.69. The molecule has 1 nitrogen and oxygen atoms in total. The Labute approximate surface area is 106 Å². The minimum atomic E-state index is -0.494. The molecular weight excluding hydrogens is 225 g/mol. The third-order valence-corrected chi connectivity index (χ3v) is 3.90. The summed E-state index contributed by atoms with van der Waals surface area (Å²) in [6, 6.07) is 17.2. The van der Waals surface area contributed by atoms with Gasteiger partial charge in [0.1, 0.15) is 5.82 Å². The van der Waals surface area contributed by atoms with Gasteiger partial charge in [-0.3, -0.25) is 0 Å². The van der Waals surface area contributed by atoms with Crippen molar-refractivity contribution in [3.05, 3.63) is 71.5 Å². The molecule has 1 aliphatic carbocycles. The summed E-state index contributed by atoms with van der Waals surface area (Å²) in [6.45, 7) is 0. The van der Waals surface area contributed by atoms with Crippen molar-refractivity contribution in [3.8, 4) is 0 Å². The fourth-order valence-corrected chi connectivity index (χ4v) is 2.87. The maximum atomic E-state index is 13.8. The van der Waals surface area contributed by atoms with Crippen LogP contribution in [0.5, 0.6) is 0 Å². The summed E-state index contributed by atoms with van der Waals surface area (Å²) in [5.41, 5.74) is 7.77. The van der Waals surface area contributed by atoms with Gasteiger partial charge in [-0.1, -0.05) is 48.5 Å². The second-order valence-corrected chi connectivity index (χ2v) is 5.15. The molecule has 1 aliphatic rings. The Morgan fingerprint density at radius 1 is 0.944 bits per heavy atom. The number of rotatable bonds is 2. The molecule has 18 heavy (non-hydrogen) atoms. The number of hydrogen-bond acceptors (Lipinski definition) is 1. The molecule has 2 aromatic carbocycles. The predicted molar refractivity (Wildman–Crippen MR) is 70.7 cm³/mol. The molecule has 0 unspecified atom stereocenters. The van der Waals surface area contributed by atoms with Gasteiger partial charge in [0.15, 0.2) is 0 Å². The third kappa shape index (κ3) is 1.83. The van der Waals surface area contributed by atoms with Gasteiger partial charge in [-0.25, -0.2) is 4.39 Å². The van der Waals surface area contributed by atoms with E-state index < -0.39 is 5.54 Å². The molecule has 2 N–H and O–H groups in total. The van der Waals surface area contributed by atoms with Crippen molar-refractivity contribution in [3.63, 3.8) is 0 Å². The minimum Gasteiger partial charge on any atom is -0.321 e. The molecule has 92 valence electrons. The summed E-state index contributed by atoms with van der Waals surface area (Å²) < 4.78 is 13.8. The Balaban J connectivity index is 1.80. The molecular formula is C16H16FN. The van der Waals surface area contributed by atoms with E-state index in [9.17, 15) is 4.39 Å². The molecule has 2 heteroatoms. The Hall–Kier alpha value is -1.67. The van der Waals surface area contributed by atoms with Gasteiger partial charge in [0, 0.05) is 11.1 Å². The molecule has 2 aromatic rings. The highest BCUT2D eigenvalue weighted by Gasteiger charge is 2.44. The van der Waals surface area contributed by atoms with Gasteiger partial charge in [-0.15, -0.1) is 0 Å². The highest BCUT2D eigenvalue weighted by Crippen LogP contribution is 2.49. The van der Waals surface area contributed by atoms with E-state index in [-0.39, 0.29) is 5.82 Å². The molecule has 0 aromatic heterocycles. The molecule has 0 spiro atoms. The smallest absolute Gasteiger partial charge is 0.128 e. The fourth-order valence-electron chi connectivity index (χ4n) is 2.87. The van der Waals surface area contributed by atoms with Gasteiger partial charge in [0.05, 0.1) is 0 Å². The van der Waals surface area contributed by atoms with Crippen LogP contribution in [-0.2, 0) is 5.54 Å². The van der Waals surface area contributed by atoms with Crippen molar-refractivity contribution >= 4 is 0 Å². The molecule has 0 radical (unpaired) electrons. The van der Waals surface area contributed by atoms with E-state index >= 15 is 0 Å². The van der Waals surface area contributed by atoms with E-state index in [2.05, 4.69) is 12.1 Å². The molecule has 0 heterocycles. The Kier molecular flexibility index (Phi) is 2.67. The van der Waals surface area contributed by atoms with Crippen molar-refractivity contribution in [2.24, 2.45) is 5.73 Å². The van der Waals surface area contributed by atoms with Crippen LogP contribution in [0.2, 0.25) is 0 Å². The topological polar surface area (TPSA) is 26.0 Å². The highest BCUT2D eigenvalue weighted by molar-refractivity contribution is 5.34. The van der Waals surface area contributed by atoms with Crippen LogP contribution in [-0.4, -0.2) is 0 Å². The lowest BCUT2D eigenvalue weighted by atomic mass is 9.63. The van der Waals surface area contributed by atoms with Gasteiger partial charge >= 0.3 is 0 Å². The van der Waals surface area contributed by atoms with E-state index in [1.54, 1.807) is 12.1 Å². The first-order valence-electron chi connectivity index (χ1n) is 6.28. The van der Waals surface area contributed by atoms with Crippen molar-refractivity contribution in [1.82, 2.24) is 0 Å². The number of benzene rings is 2. The quantitative estimate of drug-likeness (QED) is 0.854. The normalized spacial score (nSPS) is 26.7. The maximum Gasteiger partial charge on any atom is 0.128 e. The second kappa shape index (κ2) is 4.21. The molecule has 0 atom stereocenters. The molecule has 1 saturated carbocycles. The maximum absolute atomic E-state index is 13.8. The lowest BCUT2D eigenvalue weighted by molar-refractivity contribution is 0.202. The number of hydrogen-bond donors (Lipinski definition) is 1. The number of halogens is 1. The van der Waals surface area contributed by atoms with Crippen LogP contribution in [0.4, 0.5) is 4.39 Å². The van der Waals surface area contributed by atoms with Gasteiger partial charge in [-0.2, -0.15) is 0 Å². The van der Waals surface area contributed by atoms with E-state index in [0.29, 0.717) is 11.5 Å². The van der Waals surface area contributed by atoms with Crippen LogP contribution < -0.4 is 5.73 Å². The van der Waals surface area contributed by atoms with Crippen LogP contribution in [0, 0.1) is 5.82 Å². The van der Waals surface area contributed by atoms with Crippen LogP contribution in [0.1, 0.15) is 29.9 Å². The van der Waals surface area contributed by atoms with Crippen LogP contribution in [0.3, 0.4) is 0 Å². The van der Waals surface area contributed by atoms with Gasteiger partial charge < -0.3 is 5.73 Å². The molecule has 0 amide bonds. The minimum absolute atomic E-state index is 0.188. The Morgan fingerprint density at radius 3 is 2.22 bits per heavy atom. The summed E-state index contributed by atoms with van der Waals surface area (Å²) in [6.07, 6.45) is 1.63. The lowest BCUT2D eigenvalue weighted by Crippen LogP contribution is -2.48. The summed E-state index contributed by atoms with van der Waals surface area (Å²) in [5, 5.41) is 0. The van der Waals surface area contributed by atoms with E-state index in [0.717, 1.165) is 12.8 Å². The fraction of sp³-hybridized carbons (Fsp3) is 0.250. The van der Waals surface area contributed by atoms with E-state index in [4.69, 9.17) is 5.73 Å². The second-order valence-electron chi connectivity index (χ2n) is 5.15. The van der Waals surface area contributed by atoms with Crippen molar-refractivity contribution in [2.75, 3.05) is 0 Å². The summed E-state index contributed by atoms with van der Waals surface area (Å²) >= 11 is 0. The van der Waals surface area contributed by atoms with E-state index in [1.165, 1.54) is 11.6 Å². The number of nitrogens with two attached hydrogens (primary N) is 1. The Bertz CT molecular complexity index is 544. The standard InChI is InChI=1S/C16H16FN/c17-15-9-5-4-8-14(15)16(18)10-13(11-16)12-6-2-1-3-7-12/h1-9,13H,10-11,18H2. The molecule has 0 aliphatic heterocycles. The Morgan fingerprint density at radius 2 is 1.56 bits per heavy atom. The zero-order chi connectivity index (χ0) is 12.6. The van der Waals surface area contributed by atoms with Gasteiger partial charge in [0.25, 0.3) is 0 Å². The highest BCUT2D eigenvalue weighted by atomic mass is 19.1. The molecule has 1 fully saturated rings. The van der Waals surface area contributed by atoms with Gasteiger partial charge in [0.2, 0.25) is 0 Å². The lowest BCUT2D eigenvalue weighted by Gasteiger charge is -2.45. The van der Waals surface area contributed by atoms with E-state index in [1.807, 2.05) is 24.3 Å². The van der Waals surface area contributed by atoms with Gasteiger partial charge in [-0.05, 0) is 30.4 Å². The first kappa shape index (κ1) is 11.4. The average Bonchev–Trinajstić information content (AvgIpc) is 2.37. The molecule has 0 bridgehead atoms. The summed E-state index contributed by atoms with van der Waals surface area (Å²) in [7, 11) is 0. The van der Waals surface area contributed by atoms with Crippen molar-refractivity contribution in [2.45, 2.75) is 24.3 Å². The monoisotopic (exact) mass is 241 g/mol. The van der Waals surface area contributed by atoms with Crippen LogP contribution in [0.25, 0.3) is 0 Å². The zero-order valence-electron chi connectivity index (χ0n) is 10.1. The zero-order valence-corrected chi connectivity index (χ0v) is 10.1. The molecule has 0 saturated heterocycles. The predicted octanol–water partition coefficient (Wildman–Crippen LogP) is 3.56. The summed E-state index contributed by atoms with van der Waals surface area (Å²) in [4.78, 5) is 0. The average molecular weight is 241 g/mol. The van der Waals surface area contributed by atoms with Crippen LogP contribution >= 0.6 is 0 Å². The van der Waals surface area contributed by atoms with Crippen molar-refractivity contribution in [1.29, 1.82) is 0 Å². The SMILES string of the molecule is NC1(c2ccccc2F)CC(c2ccccc2)C1.